The number of nitrogens with one attached hydrogen (secondary N) is 3. The maximum Gasteiger partial charge on any atom is 0.257 e. The highest BCUT2D eigenvalue weighted by Gasteiger charge is 2.23. The van der Waals surface area contributed by atoms with Crippen LogP contribution in [0.3, 0.4) is 0 Å². The third kappa shape index (κ3) is 3.19. The molecule has 0 aromatic carbocycles. The molecule has 0 atom stereocenters. The number of H-pyrrole nitrogens is 1. The molecule has 1 fully saturated rings. The van der Waals surface area contributed by atoms with Crippen LogP contribution < -0.4 is 16.1 Å². The Morgan fingerprint density at radius 2 is 2.17 bits per heavy atom. The van der Waals surface area contributed by atoms with Gasteiger partial charge in [0.15, 0.2) is 5.43 Å². The summed E-state index contributed by atoms with van der Waals surface area (Å²) in [5, 5.41) is 5.17. The molecule has 3 N–H and O–H groups in total. The fourth-order valence-corrected chi connectivity index (χ4v) is 1.51. The fraction of sp³-hybridized carbons (Fsp3) is 0.417. The van der Waals surface area contributed by atoms with E-state index in [1.165, 1.54) is 12.3 Å². The lowest BCUT2D eigenvalue weighted by atomic mass is 10.2. The second-order valence-electron chi connectivity index (χ2n) is 4.42. The number of carbonyl (C=O) groups excluding carboxylic acids is 2. The van der Waals surface area contributed by atoms with Gasteiger partial charge in [0.25, 0.3) is 5.91 Å². The third-order valence-electron chi connectivity index (χ3n) is 2.65. The van der Waals surface area contributed by atoms with Crippen molar-refractivity contribution in [1.82, 2.24) is 15.6 Å². The van der Waals surface area contributed by atoms with Gasteiger partial charge in [0, 0.05) is 24.0 Å². The first-order valence-electron chi connectivity index (χ1n) is 5.83. The molecule has 0 aliphatic heterocycles. The number of carbonyl (C=O) groups is 2. The van der Waals surface area contributed by atoms with Gasteiger partial charge in [-0.3, -0.25) is 14.4 Å². The molecule has 96 valence electrons. The van der Waals surface area contributed by atoms with Crippen molar-refractivity contribution in [1.29, 1.82) is 0 Å². The van der Waals surface area contributed by atoms with Crippen molar-refractivity contribution in [2.75, 3.05) is 6.54 Å². The maximum atomic E-state index is 11.7. The molecule has 0 radical (unpaired) electrons. The normalized spacial score (nSPS) is 14.1. The van der Waals surface area contributed by atoms with E-state index in [0.29, 0.717) is 5.69 Å². The topological polar surface area (TPSA) is 91.1 Å². The predicted octanol–water partition coefficient (Wildman–Crippen LogP) is -0.308. The van der Waals surface area contributed by atoms with Crippen LogP contribution in [0.25, 0.3) is 0 Å². The Bertz CT molecular complexity index is 532. The van der Waals surface area contributed by atoms with Gasteiger partial charge in [-0.25, -0.2) is 0 Å². The van der Waals surface area contributed by atoms with Crippen molar-refractivity contribution in [2.45, 2.75) is 25.8 Å². The Morgan fingerprint density at radius 1 is 1.44 bits per heavy atom. The van der Waals surface area contributed by atoms with Gasteiger partial charge >= 0.3 is 0 Å². The zero-order valence-corrected chi connectivity index (χ0v) is 10.1. The molecule has 2 rings (SSSR count). The lowest BCUT2D eigenvalue weighted by Gasteiger charge is -2.05. The molecule has 2 amide bonds. The van der Waals surface area contributed by atoms with E-state index in [1.807, 2.05) is 0 Å². The molecule has 1 aromatic rings. The first-order valence-corrected chi connectivity index (χ1v) is 5.83. The summed E-state index contributed by atoms with van der Waals surface area (Å²) in [6, 6.07) is 1.61. The molecule has 1 aliphatic rings. The minimum Gasteiger partial charge on any atom is -0.364 e. The summed E-state index contributed by atoms with van der Waals surface area (Å²) in [4.78, 5) is 37.4. The molecule has 1 aromatic heterocycles. The van der Waals surface area contributed by atoms with Gasteiger partial charge in [0.2, 0.25) is 5.91 Å². The fourth-order valence-electron chi connectivity index (χ4n) is 1.51. The Balaban J connectivity index is 1.90. The summed E-state index contributed by atoms with van der Waals surface area (Å²) in [6.45, 7) is 1.62. The van der Waals surface area contributed by atoms with Crippen molar-refractivity contribution in [3.8, 4) is 0 Å². The number of rotatable bonds is 4. The van der Waals surface area contributed by atoms with E-state index in [4.69, 9.17) is 0 Å². The largest absolute Gasteiger partial charge is 0.364 e. The summed E-state index contributed by atoms with van der Waals surface area (Å²) >= 11 is 0. The van der Waals surface area contributed by atoms with Gasteiger partial charge in [-0.2, -0.15) is 0 Å². The predicted molar refractivity (Wildman–Crippen MR) is 65.3 cm³/mol. The van der Waals surface area contributed by atoms with Crippen LogP contribution in [0, 0.1) is 6.92 Å². The van der Waals surface area contributed by atoms with Crippen molar-refractivity contribution >= 4 is 11.8 Å². The number of amides is 2. The first-order chi connectivity index (χ1) is 8.56. The van der Waals surface area contributed by atoms with Crippen molar-refractivity contribution in [3.63, 3.8) is 0 Å². The summed E-state index contributed by atoms with van der Waals surface area (Å²) in [6.07, 6.45) is 3.35. The molecule has 0 bridgehead atoms. The molecule has 6 nitrogen and oxygen atoms in total. The zero-order valence-electron chi connectivity index (χ0n) is 10.1. The average molecular weight is 249 g/mol. The van der Waals surface area contributed by atoms with E-state index in [9.17, 15) is 14.4 Å². The SMILES string of the molecule is Cc1cc(=O)c(C(=O)NCC(=O)NC2CC2)c[nH]1. The first kappa shape index (κ1) is 12.3. The molecule has 1 saturated carbocycles. The van der Waals surface area contributed by atoms with Crippen molar-refractivity contribution in [2.24, 2.45) is 0 Å². The Hall–Kier alpha value is -2.11. The second kappa shape index (κ2) is 5.03. The minimum absolute atomic E-state index is 0.0137. The standard InChI is InChI=1S/C12H15N3O3/c1-7-4-10(16)9(5-13-7)12(18)14-6-11(17)15-8-2-3-8/h4-5,8H,2-3,6H2,1H3,(H,13,16)(H,14,18)(H,15,17). The zero-order chi connectivity index (χ0) is 13.1. The maximum absolute atomic E-state index is 11.7. The number of aryl methyl sites for hydroxylation is 1. The third-order valence-corrected chi connectivity index (χ3v) is 2.65. The smallest absolute Gasteiger partial charge is 0.257 e. The van der Waals surface area contributed by atoms with E-state index in [1.54, 1.807) is 6.92 Å². The van der Waals surface area contributed by atoms with Crippen LogP contribution >= 0.6 is 0 Å². The minimum atomic E-state index is -0.540. The van der Waals surface area contributed by atoms with Crippen LogP contribution in [0.15, 0.2) is 17.1 Å². The van der Waals surface area contributed by atoms with E-state index in [0.717, 1.165) is 12.8 Å². The summed E-state index contributed by atoms with van der Waals surface area (Å²) in [5.41, 5.74) is 0.342. The summed E-state index contributed by atoms with van der Waals surface area (Å²) in [7, 11) is 0. The summed E-state index contributed by atoms with van der Waals surface area (Å²) < 4.78 is 0. The van der Waals surface area contributed by atoms with Gasteiger partial charge in [0.05, 0.1) is 6.54 Å². The number of hydrogen-bond acceptors (Lipinski definition) is 3. The van der Waals surface area contributed by atoms with Crippen LogP contribution in [0.5, 0.6) is 0 Å². The van der Waals surface area contributed by atoms with Crippen LogP contribution in [-0.2, 0) is 4.79 Å². The highest BCUT2D eigenvalue weighted by molar-refractivity contribution is 5.96. The van der Waals surface area contributed by atoms with Gasteiger partial charge in [-0.1, -0.05) is 0 Å². The van der Waals surface area contributed by atoms with Gasteiger partial charge < -0.3 is 15.6 Å². The molecule has 0 unspecified atom stereocenters. The van der Waals surface area contributed by atoms with Gasteiger partial charge in [0.1, 0.15) is 5.56 Å². The number of hydrogen-bond donors (Lipinski definition) is 3. The van der Waals surface area contributed by atoms with Crippen LogP contribution in [0.4, 0.5) is 0 Å². The van der Waals surface area contributed by atoms with Gasteiger partial charge in [-0.15, -0.1) is 0 Å². The van der Waals surface area contributed by atoms with Crippen molar-refractivity contribution < 1.29 is 9.59 Å². The summed E-state index contributed by atoms with van der Waals surface area (Å²) in [5.74, 6) is -0.767. The molecule has 0 saturated heterocycles. The quantitative estimate of drug-likeness (QED) is 0.683. The molecule has 18 heavy (non-hydrogen) atoms. The number of aromatic amines is 1. The van der Waals surface area contributed by atoms with Gasteiger partial charge in [-0.05, 0) is 19.8 Å². The molecule has 1 aliphatic carbocycles. The Morgan fingerprint density at radius 3 is 2.78 bits per heavy atom. The lowest BCUT2D eigenvalue weighted by Crippen LogP contribution is -2.39. The molecule has 6 heteroatoms. The van der Waals surface area contributed by atoms with E-state index in [-0.39, 0.29) is 29.5 Å². The van der Waals surface area contributed by atoms with Crippen LogP contribution in [-0.4, -0.2) is 29.4 Å². The lowest BCUT2D eigenvalue weighted by molar-refractivity contribution is -0.120. The van der Waals surface area contributed by atoms with E-state index >= 15 is 0 Å². The molecule has 1 heterocycles. The number of pyridine rings is 1. The molecular weight excluding hydrogens is 234 g/mol. The number of aromatic nitrogens is 1. The molecular formula is C12H15N3O3. The van der Waals surface area contributed by atoms with Crippen LogP contribution in [0.1, 0.15) is 28.9 Å². The highest BCUT2D eigenvalue weighted by Crippen LogP contribution is 2.18. The monoisotopic (exact) mass is 249 g/mol. The Kier molecular flexibility index (Phi) is 3.45. The second-order valence-corrected chi connectivity index (χ2v) is 4.42. The highest BCUT2D eigenvalue weighted by atomic mass is 16.2. The molecule has 0 spiro atoms. The van der Waals surface area contributed by atoms with E-state index < -0.39 is 5.91 Å². The Labute approximate surface area is 104 Å². The van der Waals surface area contributed by atoms with Crippen LogP contribution in [0.2, 0.25) is 0 Å². The van der Waals surface area contributed by atoms with E-state index in [2.05, 4.69) is 15.6 Å². The van der Waals surface area contributed by atoms with Crippen molar-refractivity contribution in [3.05, 3.63) is 33.7 Å². The average Bonchev–Trinajstić information content (AvgIpc) is 3.10.